The molecule has 2 aliphatic rings. The molecule has 0 unspecified atom stereocenters. The third kappa shape index (κ3) is 4.31. The van der Waals surface area contributed by atoms with Crippen LogP contribution in [-0.4, -0.2) is 41.2 Å². The van der Waals surface area contributed by atoms with Crippen LogP contribution in [0.5, 0.6) is 0 Å². The summed E-state index contributed by atoms with van der Waals surface area (Å²) >= 11 is 0. The molecule has 156 valence electrons. The van der Waals surface area contributed by atoms with E-state index in [9.17, 15) is 9.59 Å². The van der Waals surface area contributed by atoms with Gasteiger partial charge in [-0.05, 0) is 49.0 Å². The first-order valence-corrected chi connectivity index (χ1v) is 10.7. The second-order valence-corrected chi connectivity index (χ2v) is 8.39. The number of nitrogens with zero attached hydrogens (tertiary/aromatic N) is 2. The molecule has 30 heavy (non-hydrogen) atoms. The second-order valence-electron chi connectivity index (χ2n) is 8.39. The predicted molar refractivity (Wildman–Crippen MR) is 118 cm³/mol. The quantitative estimate of drug-likeness (QED) is 0.801. The Morgan fingerprint density at radius 3 is 2.37 bits per heavy atom. The molecule has 1 saturated heterocycles. The van der Waals surface area contributed by atoms with Crippen molar-refractivity contribution < 1.29 is 9.59 Å². The van der Waals surface area contributed by atoms with Crippen molar-refractivity contribution in [1.82, 2.24) is 15.1 Å². The van der Waals surface area contributed by atoms with E-state index in [1.54, 1.807) is 6.07 Å². The summed E-state index contributed by atoms with van der Waals surface area (Å²) in [6, 6.07) is 15.6. The zero-order valence-electron chi connectivity index (χ0n) is 17.6. The third-order valence-electron chi connectivity index (χ3n) is 6.21. The van der Waals surface area contributed by atoms with Gasteiger partial charge in [0.05, 0.1) is 0 Å². The highest BCUT2D eigenvalue weighted by atomic mass is 16.2. The fourth-order valence-electron chi connectivity index (χ4n) is 4.24. The van der Waals surface area contributed by atoms with Gasteiger partial charge in [-0.15, -0.1) is 0 Å². The number of fused-ring (bicyclic) bond motifs is 1. The van der Waals surface area contributed by atoms with Crippen molar-refractivity contribution >= 4 is 17.5 Å². The third-order valence-corrected chi connectivity index (χ3v) is 6.21. The lowest BCUT2D eigenvalue weighted by molar-refractivity contribution is -0.121. The number of hydrogen-bond acceptors (Lipinski definition) is 3. The normalized spacial score (nSPS) is 17.3. The van der Waals surface area contributed by atoms with Gasteiger partial charge in [-0.25, -0.2) is 0 Å². The Morgan fingerprint density at radius 1 is 1.03 bits per heavy atom. The summed E-state index contributed by atoms with van der Waals surface area (Å²) in [5.41, 5.74) is 4.37. The van der Waals surface area contributed by atoms with E-state index < -0.39 is 0 Å². The van der Waals surface area contributed by atoms with Crippen LogP contribution in [0.25, 0.3) is 5.70 Å². The Morgan fingerprint density at radius 2 is 1.67 bits per heavy atom. The molecule has 2 amide bonds. The van der Waals surface area contributed by atoms with E-state index in [0.29, 0.717) is 17.8 Å². The molecule has 0 saturated carbocycles. The van der Waals surface area contributed by atoms with Crippen LogP contribution in [0.1, 0.15) is 46.8 Å². The summed E-state index contributed by atoms with van der Waals surface area (Å²) in [7, 11) is 0. The van der Waals surface area contributed by atoms with Crippen molar-refractivity contribution in [3.8, 4) is 0 Å². The molecule has 2 aliphatic heterocycles. The van der Waals surface area contributed by atoms with Crippen molar-refractivity contribution in [2.24, 2.45) is 5.92 Å². The van der Waals surface area contributed by atoms with Crippen LogP contribution < -0.4 is 5.32 Å². The van der Waals surface area contributed by atoms with Crippen molar-refractivity contribution in [3.05, 3.63) is 77.4 Å². The molecule has 4 rings (SSSR count). The van der Waals surface area contributed by atoms with Crippen molar-refractivity contribution in [3.63, 3.8) is 0 Å². The largest absolute Gasteiger partial charge is 0.350 e. The molecule has 1 N–H and O–H groups in total. The molecule has 0 radical (unpaired) electrons. The Hall–Kier alpha value is -2.92. The van der Waals surface area contributed by atoms with Gasteiger partial charge in [0.1, 0.15) is 6.54 Å². The number of rotatable bonds is 6. The number of carbonyl (C=O) groups excluding carboxylic acids is 2. The number of benzene rings is 2. The summed E-state index contributed by atoms with van der Waals surface area (Å²) in [5, 5.41) is 2.99. The smallest absolute Gasteiger partial charge is 0.259 e. The van der Waals surface area contributed by atoms with Gasteiger partial charge in [-0.3, -0.25) is 19.4 Å². The fourth-order valence-corrected chi connectivity index (χ4v) is 4.24. The van der Waals surface area contributed by atoms with E-state index in [1.165, 1.54) is 23.3 Å². The van der Waals surface area contributed by atoms with Gasteiger partial charge in [0.15, 0.2) is 0 Å². The van der Waals surface area contributed by atoms with Crippen LogP contribution in [0.15, 0.2) is 55.1 Å². The standard InChI is InChI=1S/C25H29N3O2/c1-18-11-13-27(14-12-18)16-21-8-4-3-7-20(21)15-26-24(29)17-28-19(2)22-9-5-6-10-23(22)25(28)30/h3-10,18H,2,11-17H2,1H3,(H,26,29). The summed E-state index contributed by atoms with van der Waals surface area (Å²) in [5.74, 6) is 0.467. The highest BCUT2D eigenvalue weighted by Crippen LogP contribution is 2.30. The van der Waals surface area contributed by atoms with Gasteiger partial charge < -0.3 is 5.32 Å². The summed E-state index contributed by atoms with van der Waals surface area (Å²) in [6.07, 6.45) is 2.49. The lowest BCUT2D eigenvalue weighted by Crippen LogP contribution is -2.37. The molecule has 0 atom stereocenters. The van der Waals surface area contributed by atoms with Gasteiger partial charge in [-0.1, -0.05) is 56.0 Å². The Kier molecular flexibility index (Phi) is 6.00. The molecule has 0 bridgehead atoms. The van der Waals surface area contributed by atoms with Gasteiger partial charge in [-0.2, -0.15) is 0 Å². The first kappa shape index (κ1) is 20.4. The molecule has 5 nitrogen and oxygen atoms in total. The van der Waals surface area contributed by atoms with E-state index in [0.717, 1.165) is 36.7 Å². The molecular weight excluding hydrogens is 374 g/mol. The van der Waals surface area contributed by atoms with E-state index in [1.807, 2.05) is 24.3 Å². The summed E-state index contributed by atoms with van der Waals surface area (Å²) < 4.78 is 0. The molecule has 1 fully saturated rings. The van der Waals surface area contributed by atoms with Crippen molar-refractivity contribution in [2.45, 2.75) is 32.9 Å². The zero-order valence-corrected chi connectivity index (χ0v) is 17.6. The maximum absolute atomic E-state index is 12.6. The second kappa shape index (κ2) is 8.84. The maximum atomic E-state index is 12.6. The highest BCUT2D eigenvalue weighted by Gasteiger charge is 2.31. The van der Waals surface area contributed by atoms with E-state index >= 15 is 0 Å². The monoisotopic (exact) mass is 403 g/mol. The molecule has 2 heterocycles. The molecule has 0 spiro atoms. The van der Waals surface area contributed by atoms with E-state index in [4.69, 9.17) is 0 Å². The minimum Gasteiger partial charge on any atom is -0.350 e. The number of amides is 2. The minimum absolute atomic E-state index is 0.0154. The lowest BCUT2D eigenvalue weighted by atomic mass is 9.98. The van der Waals surface area contributed by atoms with E-state index in [-0.39, 0.29) is 18.4 Å². The van der Waals surface area contributed by atoms with Crippen molar-refractivity contribution in [2.75, 3.05) is 19.6 Å². The highest BCUT2D eigenvalue weighted by molar-refractivity contribution is 6.10. The van der Waals surface area contributed by atoms with Crippen LogP contribution in [-0.2, 0) is 17.9 Å². The van der Waals surface area contributed by atoms with Gasteiger partial charge >= 0.3 is 0 Å². The number of piperidine rings is 1. The first-order valence-electron chi connectivity index (χ1n) is 10.7. The molecule has 0 aliphatic carbocycles. The van der Waals surface area contributed by atoms with Crippen LogP contribution in [0.3, 0.4) is 0 Å². The Labute approximate surface area is 178 Å². The number of carbonyl (C=O) groups is 2. The first-order chi connectivity index (χ1) is 14.5. The predicted octanol–water partition coefficient (Wildman–Crippen LogP) is 3.66. The Bertz CT molecular complexity index is 925. The molecule has 2 aromatic carbocycles. The number of likely N-dealkylation sites (tertiary alicyclic amines) is 1. The van der Waals surface area contributed by atoms with Crippen LogP contribution in [0, 0.1) is 5.92 Å². The van der Waals surface area contributed by atoms with Gasteiger partial charge in [0.2, 0.25) is 5.91 Å². The number of hydrogen-bond donors (Lipinski definition) is 1. The average molecular weight is 404 g/mol. The number of nitrogens with one attached hydrogen (secondary N) is 1. The molecule has 0 aromatic heterocycles. The summed E-state index contributed by atoms with van der Waals surface area (Å²) in [4.78, 5) is 29.1. The lowest BCUT2D eigenvalue weighted by Gasteiger charge is -2.30. The molecule has 2 aromatic rings. The molecular formula is C25H29N3O2. The Balaban J connectivity index is 1.35. The van der Waals surface area contributed by atoms with Crippen LogP contribution >= 0.6 is 0 Å². The van der Waals surface area contributed by atoms with Crippen molar-refractivity contribution in [1.29, 1.82) is 0 Å². The summed E-state index contributed by atoms with van der Waals surface area (Å²) in [6.45, 7) is 9.93. The fraction of sp³-hybridized carbons (Fsp3) is 0.360. The zero-order chi connectivity index (χ0) is 21.1. The average Bonchev–Trinajstić information content (AvgIpc) is 3.00. The topological polar surface area (TPSA) is 52.7 Å². The maximum Gasteiger partial charge on any atom is 0.259 e. The molecule has 5 heteroatoms. The van der Waals surface area contributed by atoms with Crippen LogP contribution in [0.4, 0.5) is 0 Å². The minimum atomic E-state index is -0.182. The van der Waals surface area contributed by atoms with Gasteiger partial charge in [0.25, 0.3) is 5.91 Å². The van der Waals surface area contributed by atoms with Gasteiger partial charge in [0, 0.05) is 29.9 Å². The van der Waals surface area contributed by atoms with E-state index in [2.05, 4.69) is 41.9 Å². The SMILES string of the molecule is C=C1c2ccccc2C(=O)N1CC(=O)NCc1ccccc1CN1CCC(C)CC1. The van der Waals surface area contributed by atoms with Crippen LogP contribution in [0.2, 0.25) is 0 Å².